The van der Waals surface area contributed by atoms with Crippen molar-refractivity contribution >= 4 is 11.9 Å². The topological polar surface area (TPSA) is 79.5 Å². The number of aliphatic carboxylic acids is 1. The summed E-state index contributed by atoms with van der Waals surface area (Å²) in [7, 11) is 0. The van der Waals surface area contributed by atoms with Gasteiger partial charge >= 0.3 is 5.97 Å². The third kappa shape index (κ3) is 4.62. The lowest BCUT2D eigenvalue weighted by molar-refractivity contribution is -0.140. The second-order valence-electron chi connectivity index (χ2n) is 6.21. The summed E-state index contributed by atoms with van der Waals surface area (Å²) in [6.07, 6.45) is 6.35. The molecule has 116 valence electrons. The molecule has 21 heavy (non-hydrogen) atoms. The number of rotatable bonds is 7. The van der Waals surface area contributed by atoms with Crippen LogP contribution in [0.2, 0.25) is 0 Å². The van der Waals surface area contributed by atoms with Gasteiger partial charge in [-0.3, -0.25) is 9.59 Å². The fourth-order valence-corrected chi connectivity index (χ4v) is 3.31. The van der Waals surface area contributed by atoms with Gasteiger partial charge in [-0.15, -0.1) is 0 Å². The summed E-state index contributed by atoms with van der Waals surface area (Å²) in [5, 5.41) is 12.0. The van der Waals surface area contributed by atoms with Gasteiger partial charge in [-0.25, -0.2) is 0 Å². The van der Waals surface area contributed by atoms with Crippen molar-refractivity contribution in [3.8, 4) is 0 Å². The van der Waals surface area contributed by atoms with Crippen LogP contribution in [0, 0.1) is 5.41 Å². The summed E-state index contributed by atoms with van der Waals surface area (Å²) >= 11 is 0. The van der Waals surface area contributed by atoms with Gasteiger partial charge in [-0.05, 0) is 37.3 Å². The Kier molecular flexibility index (Phi) is 5.04. The molecule has 1 aromatic rings. The number of nitrogens with one attached hydrogen (secondary N) is 1. The molecule has 1 unspecified atom stereocenters. The van der Waals surface area contributed by atoms with Crippen LogP contribution in [-0.2, 0) is 16.0 Å². The minimum absolute atomic E-state index is 0.0214. The smallest absolute Gasteiger partial charge is 0.303 e. The molecule has 0 bridgehead atoms. The van der Waals surface area contributed by atoms with Crippen molar-refractivity contribution in [2.45, 2.75) is 57.9 Å². The maximum absolute atomic E-state index is 12.2. The van der Waals surface area contributed by atoms with Crippen LogP contribution in [0.4, 0.5) is 0 Å². The summed E-state index contributed by atoms with van der Waals surface area (Å²) < 4.78 is 5.26. The summed E-state index contributed by atoms with van der Waals surface area (Å²) in [5.41, 5.74) is -0.347. The summed E-state index contributed by atoms with van der Waals surface area (Å²) in [6, 6.07) is 3.68. The molecule has 2 N–H and O–H groups in total. The standard InChI is InChI=1S/C16H23NO4/c1-12(9-13-5-4-8-21-13)17-14(18)10-16(11-15(19)20)6-2-3-7-16/h4-5,8,12H,2-3,6-7,9-11H2,1H3,(H,17,18)(H,19,20). The number of carbonyl (C=O) groups excluding carboxylic acids is 1. The minimum Gasteiger partial charge on any atom is -0.481 e. The fourth-order valence-electron chi connectivity index (χ4n) is 3.31. The highest BCUT2D eigenvalue weighted by atomic mass is 16.4. The first-order chi connectivity index (χ1) is 9.99. The maximum atomic E-state index is 12.2. The highest BCUT2D eigenvalue weighted by Crippen LogP contribution is 2.44. The molecule has 1 aliphatic rings. The molecule has 5 nitrogen and oxygen atoms in total. The van der Waals surface area contributed by atoms with Crippen molar-refractivity contribution in [1.29, 1.82) is 0 Å². The second-order valence-corrected chi connectivity index (χ2v) is 6.21. The largest absolute Gasteiger partial charge is 0.481 e. The number of furan rings is 1. The summed E-state index contributed by atoms with van der Waals surface area (Å²) in [4.78, 5) is 23.2. The normalized spacial score (nSPS) is 18.3. The molecule has 1 aliphatic carbocycles. The molecule has 1 fully saturated rings. The molecule has 2 rings (SSSR count). The SMILES string of the molecule is CC(Cc1ccco1)NC(=O)CC1(CC(=O)O)CCCC1. The Labute approximate surface area is 124 Å². The average Bonchev–Trinajstić information content (AvgIpc) is 3.00. The average molecular weight is 293 g/mol. The lowest BCUT2D eigenvalue weighted by Crippen LogP contribution is -2.37. The Bertz CT molecular complexity index is 474. The number of carboxylic acid groups (broad SMARTS) is 1. The van der Waals surface area contributed by atoms with E-state index in [1.54, 1.807) is 6.26 Å². The highest BCUT2D eigenvalue weighted by molar-refractivity contribution is 5.78. The van der Waals surface area contributed by atoms with Gasteiger partial charge in [0.05, 0.1) is 12.7 Å². The quantitative estimate of drug-likeness (QED) is 0.810. The monoisotopic (exact) mass is 293 g/mol. The molecule has 1 amide bonds. The van der Waals surface area contributed by atoms with Gasteiger partial charge < -0.3 is 14.8 Å². The molecule has 1 saturated carbocycles. The number of carboxylic acids is 1. The van der Waals surface area contributed by atoms with E-state index in [0.717, 1.165) is 31.4 Å². The molecule has 0 radical (unpaired) electrons. The van der Waals surface area contributed by atoms with E-state index in [9.17, 15) is 9.59 Å². The zero-order chi connectivity index (χ0) is 15.3. The van der Waals surface area contributed by atoms with E-state index in [2.05, 4.69) is 5.32 Å². The van der Waals surface area contributed by atoms with Crippen molar-refractivity contribution < 1.29 is 19.1 Å². The van der Waals surface area contributed by atoms with E-state index >= 15 is 0 Å². The van der Waals surface area contributed by atoms with Crippen LogP contribution in [0.15, 0.2) is 22.8 Å². The van der Waals surface area contributed by atoms with E-state index in [1.165, 1.54) is 0 Å². The molecular weight excluding hydrogens is 270 g/mol. The maximum Gasteiger partial charge on any atom is 0.303 e. The molecule has 1 heterocycles. The van der Waals surface area contributed by atoms with Gasteiger partial charge in [0.15, 0.2) is 0 Å². The highest BCUT2D eigenvalue weighted by Gasteiger charge is 2.38. The number of hydrogen-bond donors (Lipinski definition) is 2. The number of amides is 1. The lowest BCUT2D eigenvalue weighted by atomic mass is 9.79. The van der Waals surface area contributed by atoms with E-state index in [4.69, 9.17) is 9.52 Å². The van der Waals surface area contributed by atoms with E-state index < -0.39 is 5.97 Å². The van der Waals surface area contributed by atoms with Crippen LogP contribution < -0.4 is 5.32 Å². The minimum atomic E-state index is -0.812. The molecular formula is C16H23NO4. The van der Waals surface area contributed by atoms with Crippen LogP contribution >= 0.6 is 0 Å². The Morgan fingerprint density at radius 3 is 2.67 bits per heavy atom. The molecule has 5 heteroatoms. The van der Waals surface area contributed by atoms with Crippen molar-refractivity contribution in [2.75, 3.05) is 0 Å². The summed E-state index contributed by atoms with van der Waals surface area (Å²) in [5.74, 6) is -0.0329. The van der Waals surface area contributed by atoms with Gasteiger partial charge in [0.2, 0.25) is 5.91 Å². The van der Waals surface area contributed by atoms with Crippen molar-refractivity contribution in [3.63, 3.8) is 0 Å². The first kappa shape index (κ1) is 15.6. The predicted octanol–water partition coefficient (Wildman–Crippen LogP) is 2.75. The molecule has 1 atom stereocenters. The zero-order valence-corrected chi connectivity index (χ0v) is 12.4. The Balaban J connectivity index is 1.86. The molecule has 1 aromatic heterocycles. The van der Waals surface area contributed by atoms with Crippen LogP contribution in [0.5, 0.6) is 0 Å². The third-order valence-electron chi connectivity index (χ3n) is 4.22. The first-order valence-corrected chi connectivity index (χ1v) is 7.53. The van der Waals surface area contributed by atoms with E-state index in [0.29, 0.717) is 12.8 Å². The van der Waals surface area contributed by atoms with Crippen molar-refractivity contribution in [3.05, 3.63) is 24.2 Å². The lowest BCUT2D eigenvalue weighted by Gasteiger charge is -2.27. The molecule has 0 spiro atoms. The predicted molar refractivity (Wildman–Crippen MR) is 77.8 cm³/mol. The van der Waals surface area contributed by atoms with Gasteiger partial charge in [0.25, 0.3) is 0 Å². The Morgan fingerprint density at radius 1 is 1.38 bits per heavy atom. The second kappa shape index (κ2) is 6.78. The van der Waals surface area contributed by atoms with E-state index in [-0.39, 0.29) is 23.8 Å². The zero-order valence-electron chi connectivity index (χ0n) is 12.4. The van der Waals surface area contributed by atoms with Crippen molar-refractivity contribution in [1.82, 2.24) is 5.32 Å². The van der Waals surface area contributed by atoms with Crippen LogP contribution in [0.3, 0.4) is 0 Å². The molecule has 0 aromatic carbocycles. The van der Waals surface area contributed by atoms with Crippen molar-refractivity contribution in [2.24, 2.45) is 5.41 Å². The third-order valence-corrected chi connectivity index (χ3v) is 4.22. The van der Waals surface area contributed by atoms with Gasteiger partial charge in [-0.1, -0.05) is 12.8 Å². The van der Waals surface area contributed by atoms with Gasteiger partial charge in [0.1, 0.15) is 5.76 Å². The first-order valence-electron chi connectivity index (χ1n) is 7.53. The van der Waals surface area contributed by atoms with Gasteiger partial charge in [-0.2, -0.15) is 0 Å². The molecule has 0 aliphatic heterocycles. The van der Waals surface area contributed by atoms with Crippen LogP contribution in [-0.4, -0.2) is 23.0 Å². The summed E-state index contributed by atoms with van der Waals surface area (Å²) in [6.45, 7) is 1.93. The van der Waals surface area contributed by atoms with Gasteiger partial charge in [0, 0.05) is 18.9 Å². The van der Waals surface area contributed by atoms with Crippen LogP contribution in [0.1, 0.15) is 51.2 Å². The number of carbonyl (C=O) groups is 2. The van der Waals surface area contributed by atoms with E-state index in [1.807, 2.05) is 19.1 Å². The molecule has 0 saturated heterocycles. The Hall–Kier alpha value is -1.78. The van der Waals surface area contributed by atoms with Crippen LogP contribution in [0.25, 0.3) is 0 Å². The Morgan fingerprint density at radius 2 is 2.10 bits per heavy atom. The number of hydrogen-bond acceptors (Lipinski definition) is 3. The fraction of sp³-hybridized carbons (Fsp3) is 0.625.